The summed E-state index contributed by atoms with van der Waals surface area (Å²) in [6.45, 7) is 3.42. The zero-order valence-electron chi connectivity index (χ0n) is 14.5. The fourth-order valence-corrected chi connectivity index (χ4v) is 3.21. The second-order valence-electron chi connectivity index (χ2n) is 5.95. The first-order valence-electron chi connectivity index (χ1n) is 8.23. The number of thiazole rings is 1. The number of hydrogen-bond donors (Lipinski definition) is 1. The Balaban J connectivity index is 1.59. The minimum Gasteiger partial charge on any atom is -0.481 e. The summed E-state index contributed by atoms with van der Waals surface area (Å²) in [7, 11) is 0. The van der Waals surface area contributed by atoms with E-state index in [2.05, 4.69) is 10.3 Å². The lowest BCUT2D eigenvalue weighted by molar-refractivity contribution is -0.122. The Morgan fingerprint density at radius 3 is 2.77 bits per heavy atom. The summed E-state index contributed by atoms with van der Waals surface area (Å²) in [6.07, 6.45) is 1.62. The van der Waals surface area contributed by atoms with Crippen LogP contribution in [0, 0.1) is 12.7 Å². The number of para-hydroxylation sites is 1. The first-order valence-corrected chi connectivity index (χ1v) is 9.05. The molecule has 1 aromatic heterocycles. The maximum absolute atomic E-state index is 13.6. The molecule has 0 fully saturated rings. The molecule has 0 aliphatic carbocycles. The van der Waals surface area contributed by atoms with E-state index in [9.17, 15) is 9.18 Å². The van der Waals surface area contributed by atoms with E-state index in [1.54, 1.807) is 38.2 Å². The molecule has 134 valence electrons. The van der Waals surface area contributed by atoms with E-state index in [1.165, 1.54) is 17.4 Å². The van der Waals surface area contributed by atoms with Crippen molar-refractivity contribution in [3.05, 3.63) is 76.5 Å². The summed E-state index contributed by atoms with van der Waals surface area (Å²) >= 11 is 1.37. The van der Waals surface area contributed by atoms with Crippen molar-refractivity contribution >= 4 is 22.4 Å². The highest BCUT2D eigenvalue weighted by Crippen LogP contribution is 2.22. The normalized spacial score (nSPS) is 11.8. The van der Waals surface area contributed by atoms with Crippen LogP contribution in [0.5, 0.6) is 5.75 Å². The summed E-state index contributed by atoms with van der Waals surface area (Å²) < 4.78 is 19.2. The van der Waals surface area contributed by atoms with Gasteiger partial charge in [-0.15, -0.1) is 11.3 Å². The van der Waals surface area contributed by atoms with Crippen molar-refractivity contribution < 1.29 is 13.9 Å². The molecule has 1 unspecified atom stereocenters. The molecule has 3 aromatic rings. The maximum atomic E-state index is 13.6. The van der Waals surface area contributed by atoms with Crippen molar-refractivity contribution in [1.82, 2.24) is 4.98 Å². The molecule has 0 bridgehead atoms. The predicted molar refractivity (Wildman–Crippen MR) is 101 cm³/mol. The van der Waals surface area contributed by atoms with Crippen molar-refractivity contribution in [2.75, 3.05) is 5.32 Å². The van der Waals surface area contributed by atoms with E-state index >= 15 is 0 Å². The number of carbonyl (C=O) groups is 1. The first-order chi connectivity index (χ1) is 12.5. The van der Waals surface area contributed by atoms with Crippen LogP contribution in [0.3, 0.4) is 0 Å². The van der Waals surface area contributed by atoms with Crippen molar-refractivity contribution in [2.45, 2.75) is 26.4 Å². The van der Waals surface area contributed by atoms with E-state index in [0.717, 1.165) is 10.4 Å². The molecule has 1 atom stereocenters. The molecule has 1 heterocycles. The number of rotatable bonds is 6. The van der Waals surface area contributed by atoms with Crippen LogP contribution in [0.1, 0.15) is 22.9 Å². The molecule has 1 amide bonds. The second kappa shape index (κ2) is 8.10. The van der Waals surface area contributed by atoms with E-state index in [0.29, 0.717) is 22.9 Å². The van der Waals surface area contributed by atoms with Gasteiger partial charge in [-0.25, -0.2) is 9.37 Å². The summed E-state index contributed by atoms with van der Waals surface area (Å²) in [5.41, 5.74) is 1.49. The van der Waals surface area contributed by atoms with Crippen molar-refractivity contribution in [2.24, 2.45) is 0 Å². The van der Waals surface area contributed by atoms with Crippen molar-refractivity contribution in [3.63, 3.8) is 0 Å². The van der Waals surface area contributed by atoms with Gasteiger partial charge in [0.1, 0.15) is 11.6 Å². The summed E-state index contributed by atoms with van der Waals surface area (Å²) in [5.74, 6) is 0.153. The Labute approximate surface area is 155 Å². The van der Waals surface area contributed by atoms with E-state index in [1.807, 2.05) is 24.3 Å². The van der Waals surface area contributed by atoms with Crippen LogP contribution in [-0.4, -0.2) is 17.0 Å². The number of benzene rings is 2. The minimum atomic E-state index is -0.643. The van der Waals surface area contributed by atoms with Gasteiger partial charge in [-0.1, -0.05) is 30.3 Å². The molecule has 3 rings (SSSR count). The quantitative estimate of drug-likeness (QED) is 0.691. The number of aryl methyl sites for hydroxylation is 1. The molecular formula is C20H19FN2O2S. The fraction of sp³-hybridized carbons (Fsp3) is 0.200. The lowest BCUT2D eigenvalue weighted by Crippen LogP contribution is -2.30. The molecular weight excluding hydrogens is 351 g/mol. The van der Waals surface area contributed by atoms with Gasteiger partial charge in [-0.2, -0.15) is 0 Å². The molecule has 2 aromatic carbocycles. The number of anilines is 1. The standard InChI is InChI=1S/C20H19FN2O2S/c1-13-8-9-15(11-18(13)21)10-17-12-22-20(26-17)23-19(24)14(2)25-16-6-4-3-5-7-16/h3-9,11-12,14H,10H2,1-2H3,(H,22,23,24). The number of hydrogen-bond acceptors (Lipinski definition) is 4. The Kier molecular flexibility index (Phi) is 5.63. The van der Waals surface area contributed by atoms with Gasteiger partial charge in [-0.05, 0) is 43.2 Å². The zero-order chi connectivity index (χ0) is 18.5. The minimum absolute atomic E-state index is 0.215. The van der Waals surface area contributed by atoms with Gasteiger partial charge in [0.05, 0.1) is 0 Å². The van der Waals surface area contributed by atoms with Gasteiger partial charge >= 0.3 is 0 Å². The summed E-state index contributed by atoms with van der Waals surface area (Å²) in [6, 6.07) is 14.4. The Hall–Kier alpha value is -2.73. The van der Waals surface area contributed by atoms with Crippen LogP contribution in [-0.2, 0) is 11.2 Å². The van der Waals surface area contributed by atoms with Gasteiger partial charge in [-0.3, -0.25) is 10.1 Å². The number of amides is 1. The van der Waals surface area contributed by atoms with Crippen LogP contribution in [0.25, 0.3) is 0 Å². The van der Waals surface area contributed by atoms with Gasteiger partial charge in [0.15, 0.2) is 11.2 Å². The lowest BCUT2D eigenvalue weighted by atomic mass is 10.1. The molecule has 1 N–H and O–H groups in total. The number of aromatic nitrogens is 1. The van der Waals surface area contributed by atoms with E-state index in [4.69, 9.17) is 4.74 Å². The van der Waals surface area contributed by atoms with Gasteiger partial charge in [0.25, 0.3) is 5.91 Å². The summed E-state index contributed by atoms with van der Waals surface area (Å²) in [5, 5.41) is 3.26. The third-order valence-corrected chi connectivity index (χ3v) is 4.74. The number of nitrogens with zero attached hydrogens (tertiary/aromatic N) is 1. The summed E-state index contributed by atoms with van der Waals surface area (Å²) in [4.78, 5) is 17.4. The third-order valence-electron chi connectivity index (χ3n) is 3.82. The molecule has 0 radical (unpaired) electrons. The second-order valence-corrected chi connectivity index (χ2v) is 7.07. The number of carbonyl (C=O) groups excluding carboxylic acids is 1. The largest absolute Gasteiger partial charge is 0.481 e. The maximum Gasteiger partial charge on any atom is 0.266 e. The smallest absolute Gasteiger partial charge is 0.266 e. The van der Waals surface area contributed by atoms with Crippen LogP contribution in [0.2, 0.25) is 0 Å². The molecule has 4 nitrogen and oxygen atoms in total. The molecule has 0 saturated heterocycles. The fourth-order valence-electron chi connectivity index (χ4n) is 2.36. The molecule has 6 heteroatoms. The zero-order valence-corrected chi connectivity index (χ0v) is 15.3. The molecule has 26 heavy (non-hydrogen) atoms. The van der Waals surface area contributed by atoms with E-state index < -0.39 is 6.10 Å². The lowest BCUT2D eigenvalue weighted by Gasteiger charge is -2.13. The molecule has 0 spiro atoms. The Morgan fingerprint density at radius 1 is 1.27 bits per heavy atom. The Morgan fingerprint density at radius 2 is 2.04 bits per heavy atom. The SMILES string of the molecule is Cc1ccc(Cc2cnc(NC(=O)C(C)Oc3ccccc3)s2)cc1F. The highest BCUT2D eigenvalue weighted by Gasteiger charge is 2.16. The van der Waals surface area contributed by atoms with Crippen molar-refractivity contribution in [3.8, 4) is 5.75 Å². The van der Waals surface area contributed by atoms with E-state index in [-0.39, 0.29) is 11.7 Å². The monoisotopic (exact) mass is 370 g/mol. The Bertz CT molecular complexity index is 896. The topological polar surface area (TPSA) is 51.2 Å². The number of nitrogens with one attached hydrogen (secondary N) is 1. The number of halogens is 1. The van der Waals surface area contributed by atoms with Gasteiger partial charge < -0.3 is 4.74 Å². The van der Waals surface area contributed by atoms with Gasteiger partial charge in [0, 0.05) is 17.5 Å². The third kappa shape index (κ3) is 4.67. The van der Waals surface area contributed by atoms with Gasteiger partial charge in [0.2, 0.25) is 0 Å². The predicted octanol–water partition coefficient (Wildman–Crippen LogP) is 4.59. The number of ether oxygens (including phenoxy) is 1. The van der Waals surface area contributed by atoms with Crippen LogP contribution >= 0.6 is 11.3 Å². The molecule has 0 aliphatic heterocycles. The molecule has 0 saturated carbocycles. The average Bonchev–Trinajstić information content (AvgIpc) is 3.06. The highest BCUT2D eigenvalue weighted by atomic mass is 32.1. The molecule has 0 aliphatic rings. The van der Waals surface area contributed by atoms with Crippen LogP contribution < -0.4 is 10.1 Å². The first kappa shape index (κ1) is 18.1. The van der Waals surface area contributed by atoms with Crippen LogP contribution in [0.4, 0.5) is 9.52 Å². The average molecular weight is 370 g/mol. The highest BCUT2D eigenvalue weighted by molar-refractivity contribution is 7.15. The van der Waals surface area contributed by atoms with Crippen LogP contribution in [0.15, 0.2) is 54.7 Å². The van der Waals surface area contributed by atoms with Crippen molar-refractivity contribution in [1.29, 1.82) is 0 Å².